The van der Waals surface area contributed by atoms with Crippen molar-refractivity contribution in [2.75, 3.05) is 19.6 Å². The van der Waals surface area contributed by atoms with E-state index >= 15 is 0 Å². The van der Waals surface area contributed by atoms with Crippen LogP contribution in [0.1, 0.15) is 72.8 Å². The Morgan fingerprint density at radius 2 is 1.64 bits per heavy atom. The van der Waals surface area contributed by atoms with Gasteiger partial charge in [-0.2, -0.15) is 17.0 Å². The number of ether oxygens (including phenoxy) is 2. The number of carbonyl (C=O) groups excluding carboxylic acids is 2. The quantitative estimate of drug-likeness (QED) is 0.367. The number of amides is 1. The second kappa shape index (κ2) is 12.8. The molecule has 1 atom stereocenters. The third kappa shape index (κ3) is 9.93. The molecule has 11 nitrogen and oxygen atoms in total. The van der Waals surface area contributed by atoms with Crippen LogP contribution >= 0.6 is 11.6 Å². The van der Waals surface area contributed by atoms with Crippen LogP contribution in [0, 0.1) is 0 Å². The lowest BCUT2D eigenvalue weighted by molar-refractivity contribution is -0.163. The first-order valence-corrected chi connectivity index (χ1v) is 14.6. The van der Waals surface area contributed by atoms with Gasteiger partial charge in [0.1, 0.15) is 23.3 Å². The Morgan fingerprint density at radius 3 is 2.13 bits per heavy atom. The molecule has 0 bridgehead atoms. The third-order valence-electron chi connectivity index (χ3n) is 5.80. The van der Waals surface area contributed by atoms with Gasteiger partial charge in [-0.15, -0.1) is 0 Å². The summed E-state index contributed by atoms with van der Waals surface area (Å²) in [5, 5.41) is 13.1. The maximum atomic E-state index is 13.7. The molecule has 1 aliphatic rings. The van der Waals surface area contributed by atoms with E-state index in [4.69, 9.17) is 21.1 Å². The molecule has 0 spiro atoms. The van der Waals surface area contributed by atoms with Crippen LogP contribution < -0.4 is 5.32 Å². The van der Waals surface area contributed by atoms with Crippen LogP contribution in [0.15, 0.2) is 24.3 Å². The highest BCUT2D eigenvalue weighted by molar-refractivity contribution is 7.87. The Kier molecular flexibility index (Phi) is 10.8. The number of hydrogen-bond donors (Lipinski definition) is 2. The van der Waals surface area contributed by atoms with Crippen molar-refractivity contribution in [2.24, 2.45) is 0 Å². The summed E-state index contributed by atoms with van der Waals surface area (Å²) in [6.07, 6.45) is 0.465. The van der Waals surface area contributed by atoms with E-state index in [0.29, 0.717) is 32.2 Å². The van der Waals surface area contributed by atoms with E-state index in [0.717, 1.165) is 6.42 Å². The van der Waals surface area contributed by atoms with Crippen LogP contribution in [-0.2, 0) is 35.8 Å². The van der Waals surface area contributed by atoms with E-state index in [1.165, 1.54) is 0 Å². The van der Waals surface area contributed by atoms with Gasteiger partial charge in [0.05, 0.1) is 6.54 Å². The van der Waals surface area contributed by atoms with Crippen molar-refractivity contribution in [1.82, 2.24) is 13.9 Å². The highest BCUT2D eigenvalue weighted by atomic mass is 35.5. The predicted octanol–water partition coefficient (Wildman–Crippen LogP) is 3.95. The number of carbonyl (C=O) groups is 3. The fraction of sp³-hybridized carbons (Fsp3) is 0.654. The Bertz CT molecular complexity index is 1120. The van der Waals surface area contributed by atoms with E-state index in [2.05, 4.69) is 5.32 Å². The standard InChI is InChI=1S/C26H40ClN3O8S/c1-24(2,3)37-22(33)26(13-7-15-28-26)14-8-16-29(18-21(31)32)39(35,36)30(23(34)38-25(4,5)6)17-19-9-11-20(27)12-10-19/h9-12,28H,7-8,13-18H2,1-6H3,(H,31,32)/t26-/m0/s1. The molecule has 1 aromatic rings. The largest absolute Gasteiger partial charge is 0.480 e. The summed E-state index contributed by atoms with van der Waals surface area (Å²) < 4.78 is 39.7. The van der Waals surface area contributed by atoms with Crippen LogP contribution in [0.4, 0.5) is 4.79 Å². The molecule has 39 heavy (non-hydrogen) atoms. The fourth-order valence-electron chi connectivity index (χ4n) is 4.10. The van der Waals surface area contributed by atoms with Crippen molar-refractivity contribution in [3.05, 3.63) is 34.9 Å². The van der Waals surface area contributed by atoms with Gasteiger partial charge in [0.25, 0.3) is 0 Å². The monoisotopic (exact) mass is 589 g/mol. The lowest BCUT2D eigenvalue weighted by Gasteiger charge is -2.33. The Morgan fingerprint density at radius 1 is 1.05 bits per heavy atom. The minimum Gasteiger partial charge on any atom is -0.480 e. The first kappa shape index (κ1) is 32.8. The number of rotatable bonds is 11. The lowest BCUT2D eigenvalue weighted by Crippen LogP contribution is -2.52. The van der Waals surface area contributed by atoms with Gasteiger partial charge in [0.15, 0.2) is 0 Å². The van der Waals surface area contributed by atoms with Crippen LogP contribution in [0.5, 0.6) is 0 Å². The molecule has 1 aromatic carbocycles. The van der Waals surface area contributed by atoms with Gasteiger partial charge >= 0.3 is 28.2 Å². The Labute approximate surface area is 235 Å². The molecule has 1 heterocycles. The molecule has 0 unspecified atom stereocenters. The molecule has 1 fully saturated rings. The molecular weight excluding hydrogens is 550 g/mol. The average molecular weight is 590 g/mol. The number of carboxylic acid groups (broad SMARTS) is 1. The van der Waals surface area contributed by atoms with Gasteiger partial charge < -0.3 is 19.9 Å². The van der Waals surface area contributed by atoms with Crippen molar-refractivity contribution in [3.63, 3.8) is 0 Å². The van der Waals surface area contributed by atoms with Crippen LogP contribution in [0.25, 0.3) is 0 Å². The molecule has 13 heteroatoms. The summed E-state index contributed by atoms with van der Waals surface area (Å²) in [7, 11) is -4.66. The average Bonchev–Trinajstić information content (AvgIpc) is 3.25. The normalized spacial score (nSPS) is 18.2. The van der Waals surface area contributed by atoms with Gasteiger partial charge in [-0.3, -0.25) is 9.59 Å². The van der Waals surface area contributed by atoms with E-state index in [9.17, 15) is 27.9 Å². The number of benzene rings is 1. The summed E-state index contributed by atoms with van der Waals surface area (Å²) in [5.41, 5.74) is -2.26. The zero-order valence-corrected chi connectivity index (χ0v) is 25.0. The first-order valence-electron chi connectivity index (χ1n) is 12.8. The summed E-state index contributed by atoms with van der Waals surface area (Å²) in [5.74, 6) is -1.83. The molecule has 1 amide bonds. The van der Waals surface area contributed by atoms with E-state index in [1.54, 1.807) is 65.8 Å². The number of halogens is 1. The molecule has 0 aromatic heterocycles. The number of aliphatic carboxylic acids is 1. The first-order chi connectivity index (χ1) is 17.8. The van der Waals surface area contributed by atoms with Gasteiger partial charge in [-0.05, 0) is 91.5 Å². The molecule has 220 valence electrons. The lowest BCUT2D eigenvalue weighted by atomic mass is 9.91. The second-order valence-electron chi connectivity index (χ2n) is 11.6. The zero-order valence-electron chi connectivity index (χ0n) is 23.5. The number of esters is 1. The number of nitrogens with zero attached hydrogens (tertiary/aromatic N) is 2. The van der Waals surface area contributed by atoms with Crippen molar-refractivity contribution >= 4 is 39.8 Å². The summed E-state index contributed by atoms with van der Waals surface area (Å²) in [6.45, 7) is 9.16. The second-order valence-corrected chi connectivity index (χ2v) is 13.9. The van der Waals surface area contributed by atoms with Gasteiger partial charge in [0.2, 0.25) is 0 Å². The predicted molar refractivity (Wildman–Crippen MR) is 146 cm³/mol. The molecule has 0 saturated carbocycles. The molecule has 2 rings (SSSR count). The molecule has 1 aliphatic heterocycles. The molecule has 1 saturated heterocycles. The van der Waals surface area contributed by atoms with Gasteiger partial charge in [0, 0.05) is 11.6 Å². The van der Waals surface area contributed by atoms with Crippen LogP contribution in [0.2, 0.25) is 5.02 Å². The maximum Gasteiger partial charge on any atom is 0.425 e. The van der Waals surface area contributed by atoms with Crippen molar-refractivity contribution in [2.45, 2.75) is 90.5 Å². The topological polar surface area (TPSA) is 143 Å². The third-order valence-corrected chi connectivity index (χ3v) is 7.85. The summed E-state index contributed by atoms with van der Waals surface area (Å²) in [4.78, 5) is 37.8. The Hall–Kier alpha value is -2.41. The van der Waals surface area contributed by atoms with E-state index in [-0.39, 0.29) is 19.4 Å². The Balaban J connectivity index is 2.32. The smallest absolute Gasteiger partial charge is 0.425 e. The molecule has 0 aliphatic carbocycles. The van der Waals surface area contributed by atoms with Crippen molar-refractivity contribution in [1.29, 1.82) is 0 Å². The van der Waals surface area contributed by atoms with Crippen molar-refractivity contribution in [3.8, 4) is 0 Å². The van der Waals surface area contributed by atoms with Crippen LogP contribution in [0.3, 0.4) is 0 Å². The van der Waals surface area contributed by atoms with Crippen molar-refractivity contribution < 1.29 is 37.4 Å². The molecule has 0 radical (unpaired) electrons. The minimum atomic E-state index is -4.66. The highest BCUT2D eigenvalue weighted by Gasteiger charge is 2.44. The highest BCUT2D eigenvalue weighted by Crippen LogP contribution is 2.29. The van der Waals surface area contributed by atoms with Crippen LogP contribution in [-0.4, -0.2) is 76.5 Å². The van der Waals surface area contributed by atoms with Gasteiger partial charge in [-0.25, -0.2) is 4.79 Å². The fourth-order valence-corrected chi connectivity index (χ4v) is 5.68. The van der Waals surface area contributed by atoms with Gasteiger partial charge in [-0.1, -0.05) is 23.7 Å². The minimum absolute atomic E-state index is 0.141. The maximum absolute atomic E-state index is 13.7. The summed E-state index contributed by atoms with van der Waals surface area (Å²) >= 11 is 5.94. The molecule has 2 N–H and O–H groups in total. The SMILES string of the molecule is CC(C)(C)OC(=O)N(Cc1ccc(Cl)cc1)S(=O)(=O)N(CCC[C@]1(C(=O)OC(C)(C)C)CCCN1)CC(=O)O. The number of nitrogens with one attached hydrogen (secondary N) is 1. The number of carboxylic acids is 1. The van der Waals surface area contributed by atoms with E-state index in [1.807, 2.05) is 0 Å². The summed E-state index contributed by atoms with van der Waals surface area (Å²) in [6, 6.07) is 6.23. The molecular formula is C26H40ClN3O8S. The zero-order chi connectivity index (χ0) is 29.6. The number of hydrogen-bond acceptors (Lipinski definition) is 8. The van der Waals surface area contributed by atoms with E-state index < -0.39 is 58.1 Å².